The standard InChI is InChI=1S/C23H33N7O3/c1-3-9-24-22(32)26-16-5-6-19-17(13-16)20(28-30(19)23(33)25-10-4-2)21(31)27-18-14-29-11-7-15(18)8-12-29/h5-6,13,15,18H,3-4,7-12,14H2,1-2H3,(H,25,33)(H,27,31)(H2,24,26,32)/t18-/m0/s1. The van der Waals surface area contributed by atoms with Crippen LogP contribution in [0.4, 0.5) is 15.3 Å². The number of aromatic nitrogens is 2. The number of carbonyl (C=O) groups excluding carboxylic acids is 3. The van der Waals surface area contributed by atoms with Crippen LogP contribution in [0.15, 0.2) is 18.2 Å². The fourth-order valence-electron chi connectivity index (χ4n) is 4.60. The highest BCUT2D eigenvalue weighted by molar-refractivity contribution is 6.08. The highest BCUT2D eigenvalue weighted by atomic mass is 16.2. The van der Waals surface area contributed by atoms with Gasteiger partial charge >= 0.3 is 12.1 Å². The summed E-state index contributed by atoms with van der Waals surface area (Å²) in [5.41, 5.74) is 1.23. The van der Waals surface area contributed by atoms with Crippen LogP contribution in [0.25, 0.3) is 10.9 Å². The van der Waals surface area contributed by atoms with Gasteiger partial charge in [-0.3, -0.25) is 4.79 Å². The summed E-state index contributed by atoms with van der Waals surface area (Å²) in [6.07, 6.45) is 3.79. The third-order valence-electron chi connectivity index (χ3n) is 6.38. The molecule has 0 saturated carbocycles. The highest BCUT2D eigenvalue weighted by Gasteiger charge is 2.35. The molecule has 33 heavy (non-hydrogen) atoms. The fraction of sp³-hybridized carbons (Fsp3) is 0.565. The second-order valence-corrected chi connectivity index (χ2v) is 8.82. The SMILES string of the molecule is CCCNC(=O)Nc1ccc2c(c1)c(C(=O)N[C@H]1CN3CCC1CC3)nn2C(=O)NCCC. The van der Waals surface area contributed by atoms with Gasteiger partial charge in [0, 0.05) is 36.7 Å². The van der Waals surface area contributed by atoms with E-state index in [4.69, 9.17) is 0 Å². The first-order valence-electron chi connectivity index (χ1n) is 11.9. The number of anilines is 1. The maximum absolute atomic E-state index is 13.3. The molecule has 0 radical (unpaired) electrons. The van der Waals surface area contributed by atoms with Crippen LogP contribution in [-0.4, -0.2) is 71.4 Å². The van der Waals surface area contributed by atoms with Gasteiger partial charge in [-0.25, -0.2) is 9.59 Å². The summed E-state index contributed by atoms with van der Waals surface area (Å²) in [4.78, 5) is 40.5. The first-order valence-corrected chi connectivity index (χ1v) is 11.9. The molecule has 1 atom stereocenters. The number of benzene rings is 1. The molecule has 3 fully saturated rings. The monoisotopic (exact) mass is 455 g/mol. The number of hydrogen-bond acceptors (Lipinski definition) is 5. The molecule has 0 unspecified atom stereocenters. The minimum atomic E-state index is -0.384. The van der Waals surface area contributed by atoms with Crippen molar-refractivity contribution < 1.29 is 14.4 Å². The number of rotatable bonds is 7. The van der Waals surface area contributed by atoms with Gasteiger partial charge in [0.1, 0.15) is 0 Å². The van der Waals surface area contributed by atoms with E-state index in [1.54, 1.807) is 18.2 Å². The second-order valence-electron chi connectivity index (χ2n) is 8.82. The van der Waals surface area contributed by atoms with Crippen molar-refractivity contribution in [2.24, 2.45) is 5.92 Å². The number of urea groups is 1. The van der Waals surface area contributed by atoms with Crippen LogP contribution in [0, 0.1) is 5.92 Å². The highest BCUT2D eigenvalue weighted by Crippen LogP contribution is 2.28. The predicted octanol–water partition coefficient (Wildman–Crippen LogP) is 2.36. The maximum atomic E-state index is 13.3. The molecule has 2 bridgehead atoms. The van der Waals surface area contributed by atoms with Crippen molar-refractivity contribution in [3.05, 3.63) is 23.9 Å². The van der Waals surface area contributed by atoms with Gasteiger partial charge in [-0.15, -0.1) is 0 Å². The Kier molecular flexibility index (Phi) is 7.12. The number of amides is 4. The molecule has 4 heterocycles. The Balaban J connectivity index is 1.62. The lowest BCUT2D eigenvalue weighted by molar-refractivity contribution is 0.0618. The van der Waals surface area contributed by atoms with Crippen molar-refractivity contribution in [1.29, 1.82) is 0 Å². The Morgan fingerprint density at radius 2 is 1.79 bits per heavy atom. The zero-order valence-corrected chi connectivity index (χ0v) is 19.3. The Hall–Kier alpha value is -3.14. The summed E-state index contributed by atoms with van der Waals surface area (Å²) in [5, 5.41) is 16.4. The van der Waals surface area contributed by atoms with Crippen LogP contribution in [0.1, 0.15) is 50.0 Å². The van der Waals surface area contributed by atoms with Gasteiger partial charge < -0.3 is 26.2 Å². The molecule has 10 heteroatoms. The van der Waals surface area contributed by atoms with Gasteiger partial charge in [-0.1, -0.05) is 13.8 Å². The molecule has 4 amide bonds. The second kappa shape index (κ2) is 10.2. The van der Waals surface area contributed by atoms with E-state index in [-0.39, 0.29) is 29.7 Å². The quantitative estimate of drug-likeness (QED) is 0.511. The molecule has 0 aliphatic carbocycles. The van der Waals surface area contributed by atoms with Crippen molar-refractivity contribution in [3.63, 3.8) is 0 Å². The normalized spacial score (nSPS) is 21.6. The minimum absolute atomic E-state index is 0.0789. The van der Waals surface area contributed by atoms with Crippen molar-refractivity contribution in [3.8, 4) is 0 Å². The zero-order chi connectivity index (χ0) is 23.4. The van der Waals surface area contributed by atoms with E-state index >= 15 is 0 Å². The van der Waals surface area contributed by atoms with Crippen LogP contribution in [0.3, 0.4) is 0 Å². The van der Waals surface area contributed by atoms with E-state index < -0.39 is 0 Å². The molecule has 3 aliphatic heterocycles. The summed E-state index contributed by atoms with van der Waals surface area (Å²) >= 11 is 0. The number of nitrogens with one attached hydrogen (secondary N) is 4. The Morgan fingerprint density at radius 1 is 1.06 bits per heavy atom. The van der Waals surface area contributed by atoms with Crippen LogP contribution in [0.2, 0.25) is 0 Å². The Bertz CT molecular complexity index is 1030. The molecule has 2 aromatic rings. The van der Waals surface area contributed by atoms with Gasteiger partial charge in [-0.2, -0.15) is 9.78 Å². The Morgan fingerprint density at radius 3 is 2.45 bits per heavy atom. The van der Waals surface area contributed by atoms with Gasteiger partial charge in [0.05, 0.1) is 5.52 Å². The molecular formula is C23H33N7O3. The van der Waals surface area contributed by atoms with Crippen molar-refractivity contribution in [2.45, 2.75) is 45.6 Å². The third-order valence-corrected chi connectivity index (χ3v) is 6.38. The lowest BCUT2D eigenvalue weighted by atomic mass is 9.84. The van der Waals surface area contributed by atoms with Crippen LogP contribution in [-0.2, 0) is 0 Å². The molecular weight excluding hydrogens is 422 g/mol. The molecule has 3 saturated heterocycles. The lowest BCUT2D eigenvalue weighted by Crippen LogP contribution is -2.57. The van der Waals surface area contributed by atoms with Crippen LogP contribution in [0.5, 0.6) is 0 Å². The van der Waals surface area contributed by atoms with Crippen LogP contribution >= 0.6 is 0 Å². The predicted molar refractivity (Wildman–Crippen MR) is 127 cm³/mol. The first kappa shape index (κ1) is 23.0. The molecule has 178 valence electrons. The van der Waals surface area contributed by atoms with Crippen molar-refractivity contribution in [2.75, 3.05) is 38.0 Å². The van der Waals surface area contributed by atoms with E-state index in [9.17, 15) is 14.4 Å². The topological polar surface area (TPSA) is 120 Å². The van der Waals surface area contributed by atoms with Gasteiger partial charge in [0.25, 0.3) is 5.91 Å². The van der Waals surface area contributed by atoms with Gasteiger partial charge in [0.2, 0.25) is 0 Å². The molecule has 10 nitrogen and oxygen atoms in total. The summed E-state index contributed by atoms with van der Waals surface area (Å²) in [6.45, 7) is 8.04. The van der Waals surface area contributed by atoms with E-state index in [0.717, 1.165) is 45.3 Å². The largest absolute Gasteiger partial charge is 0.346 e. The van der Waals surface area contributed by atoms with Gasteiger partial charge in [0.15, 0.2) is 5.69 Å². The average Bonchev–Trinajstić information content (AvgIpc) is 3.21. The number of carbonyl (C=O) groups is 3. The number of piperidine rings is 3. The summed E-state index contributed by atoms with van der Waals surface area (Å²) in [7, 11) is 0. The Labute approximate surface area is 193 Å². The van der Waals surface area contributed by atoms with E-state index in [2.05, 4.69) is 31.3 Å². The van der Waals surface area contributed by atoms with E-state index in [0.29, 0.717) is 35.6 Å². The number of hydrogen-bond donors (Lipinski definition) is 4. The minimum Gasteiger partial charge on any atom is -0.346 e. The maximum Gasteiger partial charge on any atom is 0.342 e. The molecule has 5 rings (SSSR count). The van der Waals surface area contributed by atoms with Crippen LogP contribution < -0.4 is 21.3 Å². The summed E-state index contributed by atoms with van der Waals surface area (Å²) < 4.78 is 1.23. The summed E-state index contributed by atoms with van der Waals surface area (Å²) in [6, 6.07) is 4.48. The molecule has 3 aliphatic rings. The van der Waals surface area contributed by atoms with Gasteiger partial charge in [-0.05, 0) is 62.9 Å². The fourth-order valence-corrected chi connectivity index (χ4v) is 4.60. The smallest absolute Gasteiger partial charge is 0.342 e. The first-order chi connectivity index (χ1) is 16.0. The van der Waals surface area contributed by atoms with Crippen molar-refractivity contribution in [1.82, 2.24) is 30.6 Å². The molecule has 1 aromatic carbocycles. The average molecular weight is 456 g/mol. The molecule has 0 spiro atoms. The van der Waals surface area contributed by atoms with E-state index in [1.807, 2.05) is 13.8 Å². The third kappa shape index (κ3) is 5.11. The van der Waals surface area contributed by atoms with E-state index in [1.165, 1.54) is 4.68 Å². The lowest BCUT2D eigenvalue weighted by Gasteiger charge is -2.44. The molecule has 4 N–H and O–H groups in total. The number of fused-ring (bicyclic) bond motifs is 4. The molecule has 1 aromatic heterocycles. The zero-order valence-electron chi connectivity index (χ0n) is 19.3. The number of nitrogens with zero attached hydrogens (tertiary/aromatic N) is 3. The van der Waals surface area contributed by atoms with Crippen molar-refractivity contribution >= 4 is 34.6 Å². The summed E-state index contributed by atoms with van der Waals surface area (Å²) in [5.74, 6) is 0.174.